The van der Waals surface area contributed by atoms with Gasteiger partial charge in [0.15, 0.2) is 0 Å². The van der Waals surface area contributed by atoms with Gasteiger partial charge < -0.3 is 4.74 Å². The molecule has 0 bridgehead atoms. The van der Waals surface area contributed by atoms with Crippen LogP contribution in [0.15, 0.2) is 17.5 Å². The summed E-state index contributed by atoms with van der Waals surface area (Å²) in [7, 11) is 2.30. The van der Waals surface area contributed by atoms with Crippen LogP contribution in [-0.2, 0) is 11.3 Å². The predicted molar refractivity (Wildman–Crippen MR) is 84.2 cm³/mol. The molecule has 2 saturated heterocycles. The highest BCUT2D eigenvalue weighted by Gasteiger charge is 2.49. The van der Waals surface area contributed by atoms with E-state index in [9.17, 15) is 0 Å². The first-order valence-corrected chi connectivity index (χ1v) is 8.63. The Morgan fingerprint density at radius 3 is 3.00 bits per heavy atom. The summed E-state index contributed by atoms with van der Waals surface area (Å²) in [4.78, 5) is 6.68. The molecule has 2 aliphatic rings. The van der Waals surface area contributed by atoms with E-state index >= 15 is 0 Å². The van der Waals surface area contributed by atoms with Gasteiger partial charge in [0.05, 0.1) is 0 Å². The van der Waals surface area contributed by atoms with Gasteiger partial charge in [0.25, 0.3) is 0 Å². The van der Waals surface area contributed by atoms with Crippen LogP contribution in [0.3, 0.4) is 0 Å². The van der Waals surface area contributed by atoms with Crippen molar-refractivity contribution in [2.24, 2.45) is 5.92 Å². The fourth-order valence-electron chi connectivity index (χ4n) is 3.73. The normalized spacial score (nSPS) is 26.8. The molecule has 3 nitrogen and oxygen atoms in total. The van der Waals surface area contributed by atoms with Crippen molar-refractivity contribution in [3.05, 3.63) is 22.4 Å². The summed E-state index contributed by atoms with van der Waals surface area (Å²) in [5, 5.41) is 2.18. The molecule has 1 aromatic heterocycles. The van der Waals surface area contributed by atoms with Crippen LogP contribution >= 0.6 is 11.3 Å². The first-order chi connectivity index (χ1) is 9.72. The molecule has 1 spiro atoms. The minimum atomic E-state index is 0.428. The summed E-state index contributed by atoms with van der Waals surface area (Å²) in [6, 6.07) is 4.40. The number of hydrogen-bond donors (Lipinski definition) is 0. The van der Waals surface area contributed by atoms with Crippen molar-refractivity contribution < 1.29 is 4.74 Å². The number of hydrogen-bond acceptors (Lipinski definition) is 4. The fourth-order valence-corrected chi connectivity index (χ4v) is 4.47. The van der Waals surface area contributed by atoms with Crippen molar-refractivity contribution in [2.45, 2.75) is 31.8 Å². The van der Waals surface area contributed by atoms with Gasteiger partial charge in [-0.2, -0.15) is 0 Å². The lowest BCUT2D eigenvalue weighted by Crippen LogP contribution is -2.71. The number of nitrogens with zero attached hydrogens (tertiary/aromatic N) is 2. The maximum atomic E-state index is 5.65. The largest absolute Gasteiger partial charge is 0.381 e. The smallest absolute Gasteiger partial charge is 0.0495 e. The van der Waals surface area contributed by atoms with Gasteiger partial charge in [-0.05, 0) is 50.7 Å². The minimum Gasteiger partial charge on any atom is -0.381 e. The topological polar surface area (TPSA) is 15.7 Å². The lowest BCUT2D eigenvalue weighted by Gasteiger charge is -2.58. The second-order valence-corrected chi connectivity index (χ2v) is 7.42. The Balaban J connectivity index is 1.53. The maximum Gasteiger partial charge on any atom is 0.0495 e. The van der Waals surface area contributed by atoms with Crippen LogP contribution in [0.5, 0.6) is 0 Å². The number of thiophene rings is 1. The van der Waals surface area contributed by atoms with Crippen molar-refractivity contribution >= 4 is 11.3 Å². The van der Waals surface area contributed by atoms with Gasteiger partial charge in [-0.25, -0.2) is 0 Å². The average Bonchev–Trinajstić information content (AvgIpc) is 2.90. The van der Waals surface area contributed by atoms with E-state index in [2.05, 4.69) is 41.3 Å². The van der Waals surface area contributed by atoms with E-state index < -0.39 is 0 Å². The van der Waals surface area contributed by atoms with Crippen LogP contribution in [0.2, 0.25) is 0 Å². The molecular weight excluding hydrogens is 268 g/mol. The highest BCUT2D eigenvalue weighted by Crippen LogP contribution is 2.39. The maximum absolute atomic E-state index is 5.65. The van der Waals surface area contributed by atoms with E-state index in [0.29, 0.717) is 5.54 Å². The van der Waals surface area contributed by atoms with Gasteiger partial charge in [0.1, 0.15) is 0 Å². The molecule has 2 fully saturated rings. The molecule has 0 radical (unpaired) electrons. The minimum absolute atomic E-state index is 0.428. The third-order valence-corrected chi connectivity index (χ3v) is 5.77. The standard InChI is InChI=1S/C16H26N2OS/c1-3-19-11-14-6-7-17(2)16(9-14)12-18(13-16)10-15-5-4-8-20-15/h4-5,8,14H,3,6-7,9-13H2,1-2H3. The Kier molecular flexibility index (Phi) is 4.46. The SMILES string of the molecule is CCOCC1CCN(C)C2(C1)CN(Cc1cccs1)C2. The van der Waals surface area contributed by atoms with Gasteiger partial charge in [0.2, 0.25) is 0 Å². The second-order valence-electron chi connectivity index (χ2n) is 6.39. The Morgan fingerprint density at radius 1 is 1.45 bits per heavy atom. The third-order valence-electron chi connectivity index (χ3n) is 4.90. The first kappa shape index (κ1) is 14.5. The zero-order valence-electron chi connectivity index (χ0n) is 12.7. The molecular formula is C16H26N2OS. The van der Waals surface area contributed by atoms with Crippen LogP contribution in [0, 0.1) is 5.92 Å². The van der Waals surface area contributed by atoms with Gasteiger partial charge in [0, 0.05) is 43.3 Å². The highest BCUT2D eigenvalue weighted by molar-refractivity contribution is 7.09. The number of rotatable bonds is 5. The Morgan fingerprint density at radius 2 is 2.30 bits per heavy atom. The van der Waals surface area contributed by atoms with Gasteiger partial charge in [-0.3, -0.25) is 9.80 Å². The van der Waals surface area contributed by atoms with Crippen molar-refractivity contribution in [3.63, 3.8) is 0 Å². The summed E-state index contributed by atoms with van der Waals surface area (Å²) >= 11 is 1.87. The number of ether oxygens (including phenoxy) is 1. The fraction of sp³-hybridized carbons (Fsp3) is 0.750. The summed E-state index contributed by atoms with van der Waals surface area (Å²) in [5.74, 6) is 0.759. The molecule has 1 atom stereocenters. The summed E-state index contributed by atoms with van der Waals surface area (Å²) in [6.07, 6.45) is 2.60. The summed E-state index contributed by atoms with van der Waals surface area (Å²) in [6.45, 7) is 8.71. The molecule has 1 aromatic rings. The van der Waals surface area contributed by atoms with Crippen LogP contribution in [-0.4, -0.2) is 55.2 Å². The molecule has 112 valence electrons. The second kappa shape index (κ2) is 6.14. The van der Waals surface area contributed by atoms with Gasteiger partial charge in [-0.1, -0.05) is 6.07 Å². The summed E-state index contributed by atoms with van der Waals surface area (Å²) < 4.78 is 5.65. The third kappa shape index (κ3) is 2.93. The van der Waals surface area contributed by atoms with E-state index in [1.165, 1.54) is 37.4 Å². The van der Waals surface area contributed by atoms with E-state index in [1.807, 2.05) is 11.3 Å². The van der Waals surface area contributed by atoms with Crippen LogP contribution in [0.25, 0.3) is 0 Å². The Hall–Kier alpha value is -0.420. The van der Waals surface area contributed by atoms with E-state index in [1.54, 1.807) is 0 Å². The molecule has 0 saturated carbocycles. The summed E-state index contributed by atoms with van der Waals surface area (Å²) in [5.41, 5.74) is 0.428. The van der Waals surface area contributed by atoms with Crippen LogP contribution in [0.4, 0.5) is 0 Å². The lowest BCUT2D eigenvalue weighted by atomic mass is 9.75. The number of likely N-dealkylation sites (N-methyl/N-ethyl adjacent to an activating group) is 1. The molecule has 0 N–H and O–H groups in total. The predicted octanol–water partition coefficient (Wildman–Crippen LogP) is 2.68. The molecule has 0 aromatic carbocycles. The molecule has 4 heteroatoms. The van der Waals surface area contributed by atoms with Crippen molar-refractivity contribution in [1.82, 2.24) is 9.80 Å². The molecule has 3 rings (SSSR count). The number of piperidine rings is 1. The average molecular weight is 294 g/mol. The Bertz CT molecular complexity index is 412. The van der Waals surface area contributed by atoms with Crippen molar-refractivity contribution in [1.29, 1.82) is 0 Å². The Labute approximate surface area is 126 Å². The zero-order chi connectivity index (χ0) is 14.0. The molecule has 2 aliphatic heterocycles. The highest BCUT2D eigenvalue weighted by atomic mass is 32.1. The lowest BCUT2D eigenvalue weighted by molar-refractivity contribution is -0.0919. The quantitative estimate of drug-likeness (QED) is 0.830. The van der Waals surface area contributed by atoms with E-state index in [-0.39, 0.29) is 0 Å². The molecule has 3 heterocycles. The first-order valence-electron chi connectivity index (χ1n) is 7.75. The molecule has 20 heavy (non-hydrogen) atoms. The molecule has 0 aliphatic carbocycles. The monoisotopic (exact) mass is 294 g/mol. The van der Waals surface area contributed by atoms with E-state index in [0.717, 1.165) is 25.7 Å². The van der Waals surface area contributed by atoms with E-state index in [4.69, 9.17) is 4.74 Å². The van der Waals surface area contributed by atoms with Crippen molar-refractivity contribution in [3.8, 4) is 0 Å². The van der Waals surface area contributed by atoms with Gasteiger partial charge >= 0.3 is 0 Å². The zero-order valence-corrected chi connectivity index (χ0v) is 13.5. The van der Waals surface area contributed by atoms with Crippen LogP contribution in [0.1, 0.15) is 24.6 Å². The van der Waals surface area contributed by atoms with Crippen LogP contribution < -0.4 is 0 Å². The molecule has 0 amide bonds. The van der Waals surface area contributed by atoms with Crippen molar-refractivity contribution in [2.75, 3.05) is 39.9 Å². The number of likely N-dealkylation sites (tertiary alicyclic amines) is 2. The van der Waals surface area contributed by atoms with Gasteiger partial charge in [-0.15, -0.1) is 11.3 Å². The molecule has 1 unspecified atom stereocenters.